The van der Waals surface area contributed by atoms with E-state index >= 15 is 0 Å². The van der Waals surface area contributed by atoms with Gasteiger partial charge in [-0.1, -0.05) is 26.7 Å². The number of hydrogen-bond acceptors (Lipinski definition) is 6. The summed E-state index contributed by atoms with van der Waals surface area (Å²) in [5.41, 5.74) is 5.21. The average Bonchev–Trinajstić information content (AvgIpc) is 2.86. The van der Waals surface area contributed by atoms with E-state index in [4.69, 9.17) is 0 Å². The molecular formula is C29H38N4O2. The second-order valence-corrected chi connectivity index (χ2v) is 8.95. The minimum Gasteiger partial charge on any atom is -0.507 e. The molecule has 4 bridgehead atoms. The van der Waals surface area contributed by atoms with E-state index in [0.717, 1.165) is 56.1 Å². The third-order valence-corrected chi connectivity index (χ3v) is 5.95. The van der Waals surface area contributed by atoms with Crippen molar-refractivity contribution in [1.29, 1.82) is 0 Å². The molecule has 2 aromatic carbocycles. The second-order valence-electron chi connectivity index (χ2n) is 8.95. The minimum atomic E-state index is 0.206. The first-order valence-corrected chi connectivity index (χ1v) is 12.8. The quantitative estimate of drug-likeness (QED) is 0.574. The van der Waals surface area contributed by atoms with Gasteiger partial charge in [0.15, 0.2) is 0 Å². The van der Waals surface area contributed by atoms with E-state index in [2.05, 4.69) is 33.8 Å². The Morgan fingerprint density at radius 3 is 1.26 bits per heavy atom. The van der Waals surface area contributed by atoms with Crippen LogP contribution in [0, 0.1) is 0 Å². The second kappa shape index (κ2) is 14.2. The van der Waals surface area contributed by atoms with Gasteiger partial charge in [-0.05, 0) is 67.5 Å². The number of aryl methyl sites for hydroxylation is 2. The number of rotatable bonds is 6. The maximum absolute atomic E-state index is 10.8. The Morgan fingerprint density at radius 1 is 0.571 bits per heavy atom. The molecule has 0 fully saturated rings. The van der Waals surface area contributed by atoms with E-state index in [1.807, 2.05) is 24.3 Å². The first-order valence-electron chi connectivity index (χ1n) is 12.8. The molecule has 0 saturated carbocycles. The molecule has 0 saturated heterocycles. The lowest BCUT2D eigenvalue weighted by atomic mass is 10.0. The summed E-state index contributed by atoms with van der Waals surface area (Å²) in [6, 6.07) is 8.05. The van der Waals surface area contributed by atoms with Crippen LogP contribution < -0.4 is 0 Å². The molecule has 3 rings (SSSR count). The highest BCUT2D eigenvalue weighted by atomic mass is 16.3. The predicted octanol–water partition coefficient (Wildman–Crippen LogP) is 5.56. The van der Waals surface area contributed by atoms with Crippen molar-refractivity contribution in [3.63, 3.8) is 0 Å². The first kappa shape index (κ1) is 26.3. The topological polar surface area (TPSA) is 89.9 Å². The van der Waals surface area contributed by atoms with Gasteiger partial charge in [0.2, 0.25) is 0 Å². The van der Waals surface area contributed by atoms with Crippen LogP contribution in [0.5, 0.6) is 11.5 Å². The molecule has 2 aromatic rings. The summed E-state index contributed by atoms with van der Waals surface area (Å²) in [5, 5.41) is 21.5. The molecule has 35 heavy (non-hydrogen) atoms. The van der Waals surface area contributed by atoms with Gasteiger partial charge in [-0.15, -0.1) is 0 Å². The lowest BCUT2D eigenvalue weighted by Gasteiger charge is -2.08. The number of phenols is 2. The van der Waals surface area contributed by atoms with Crippen molar-refractivity contribution in [2.24, 2.45) is 20.0 Å². The van der Waals surface area contributed by atoms with Gasteiger partial charge >= 0.3 is 0 Å². The number of hydrogen-bond donors (Lipinski definition) is 2. The van der Waals surface area contributed by atoms with Gasteiger partial charge in [0, 0.05) is 60.2 Å². The summed E-state index contributed by atoms with van der Waals surface area (Å²) < 4.78 is 0. The highest BCUT2D eigenvalue weighted by Gasteiger charge is 2.09. The van der Waals surface area contributed by atoms with Gasteiger partial charge in [0.05, 0.1) is 13.1 Å². The molecule has 0 radical (unpaired) electrons. The van der Waals surface area contributed by atoms with E-state index in [9.17, 15) is 10.2 Å². The van der Waals surface area contributed by atoms with E-state index < -0.39 is 0 Å². The van der Waals surface area contributed by atoms with Crippen LogP contribution in [0.15, 0.2) is 44.2 Å². The van der Waals surface area contributed by atoms with Crippen molar-refractivity contribution in [2.45, 2.75) is 58.8 Å². The number of fused-ring (bicyclic) bond motifs is 4. The fraction of sp³-hybridized carbons (Fsp3) is 0.448. The van der Waals surface area contributed by atoms with E-state index in [0.29, 0.717) is 37.3 Å². The standard InChI is InChI=1S/C29H38N4O2/c1-3-5-8-22-14-24-18-30-10-7-11-31-19-25-15-23(9-6-4-2)17-27(29(25)35)21-33-13-12-32-20-26(16-22)28(24)34/h14-21,34-35H,3-13H2,1-2H3. The predicted molar refractivity (Wildman–Crippen MR) is 148 cm³/mol. The fourth-order valence-electron chi connectivity index (χ4n) is 3.95. The van der Waals surface area contributed by atoms with Crippen LogP contribution in [0.25, 0.3) is 0 Å². The Kier molecular flexibility index (Phi) is 10.7. The lowest BCUT2D eigenvalue weighted by molar-refractivity contribution is 0.472. The van der Waals surface area contributed by atoms with Crippen LogP contribution in [0.2, 0.25) is 0 Å². The minimum absolute atomic E-state index is 0.206. The Hall–Kier alpha value is -3.28. The molecule has 186 valence electrons. The average molecular weight is 475 g/mol. The number of nitrogens with zero attached hydrogens (tertiary/aromatic N) is 4. The van der Waals surface area contributed by atoms with Crippen molar-refractivity contribution in [1.82, 2.24) is 0 Å². The highest BCUT2D eigenvalue weighted by Crippen LogP contribution is 2.25. The molecule has 2 N–H and O–H groups in total. The number of benzene rings is 2. The number of phenolic OH excluding ortho intramolecular Hbond substituents is 2. The Bertz CT molecular complexity index is 1000. The van der Waals surface area contributed by atoms with Crippen LogP contribution in [0.4, 0.5) is 0 Å². The highest BCUT2D eigenvalue weighted by molar-refractivity contribution is 5.93. The molecule has 6 heteroatoms. The lowest BCUT2D eigenvalue weighted by Crippen LogP contribution is -1.97. The summed E-state index contributed by atoms with van der Waals surface area (Å²) in [4.78, 5) is 18.0. The molecule has 0 aliphatic carbocycles. The molecule has 1 aliphatic rings. The normalized spacial score (nSPS) is 14.5. The molecule has 0 amide bonds. The summed E-state index contributed by atoms with van der Waals surface area (Å²) in [5.74, 6) is 0.412. The largest absolute Gasteiger partial charge is 0.507 e. The first-order chi connectivity index (χ1) is 17.1. The third kappa shape index (κ3) is 8.16. The van der Waals surface area contributed by atoms with Crippen LogP contribution >= 0.6 is 0 Å². The maximum atomic E-state index is 10.8. The molecule has 0 spiro atoms. The summed E-state index contributed by atoms with van der Waals surface area (Å²) >= 11 is 0. The van der Waals surface area contributed by atoms with Crippen LogP contribution in [0.3, 0.4) is 0 Å². The Morgan fingerprint density at radius 2 is 0.914 bits per heavy atom. The van der Waals surface area contributed by atoms with Crippen LogP contribution in [-0.4, -0.2) is 61.3 Å². The number of unbranched alkanes of at least 4 members (excludes halogenated alkanes) is 2. The number of aliphatic imine (C=N–C) groups is 4. The van der Waals surface area contributed by atoms with Crippen molar-refractivity contribution in [2.75, 3.05) is 26.2 Å². The zero-order valence-corrected chi connectivity index (χ0v) is 21.1. The summed E-state index contributed by atoms with van der Waals surface area (Å²) in [7, 11) is 0. The fourth-order valence-corrected chi connectivity index (χ4v) is 3.95. The summed E-state index contributed by atoms with van der Waals surface area (Å²) in [6.45, 7) is 6.55. The molecule has 1 heterocycles. The van der Waals surface area contributed by atoms with Crippen molar-refractivity contribution in [3.8, 4) is 11.5 Å². The van der Waals surface area contributed by atoms with Crippen molar-refractivity contribution in [3.05, 3.63) is 57.6 Å². The smallest absolute Gasteiger partial charge is 0.133 e. The van der Waals surface area contributed by atoms with Crippen molar-refractivity contribution >= 4 is 24.9 Å². The number of aromatic hydroxyl groups is 2. The SMILES string of the molecule is CCCCc1cc2c(O)c(c1)C=NCCN=Cc1cc(CCCC)cc(c1O)C=NCCCN=C2. The van der Waals surface area contributed by atoms with Crippen LogP contribution in [0.1, 0.15) is 79.3 Å². The zero-order chi connectivity index (χ0) is 24.9. The van der Waals surface area contributed by atoms with E-state index in [1.165, 1.54) is 11.1 Å². The molecule has 0 atom stereocenters. The van der Waals surface area contributed by atoms with Gasteiger partial charge in [-0.25, -0.2) is 0 Å². The molecular weight excluding hydrogens is 436 g/mol. The zero-order valence-electron chi connectivity index (χ0n) is 21.1. The van der Waals surface area contributed by atoms with Gasteiger partial charge in [-0.2, -0.15) is 0 Å². The van der Waals surface area contributed by atoms with E-state index in [1.54, 1.807) is 24.9 Å². The van der Waals surface area contributed by atoms with Crippen LogP contribution in [-0.2, 0) is 12.8 Å². The van der Waals surface area contributed by atoms with E-state index in [-0.39, 0.29) is 11.5 Å². The Labute approximate surface area is 209 Å². The maximum Gasteiger partial charge on any atom is 0.133 e. The van der Waals surface area contributed by atoms with Gasteiger partial charge in [0.1, 0.15) is 11.5 Å². The van der Waals surface area contributed by atoms with Gasteiger partial charge in [0.25, 0.3) is 0 Å². The monoisotopic (exact) mass is 474 g/mol. The molecule has 0 unspecified atom stereocenters. The van der Waals surface area contributed by atoms with Gasteiger partial charge < -0.3 is 10.2 Å². The molecule has 1 aliphatic heterocycles. The van der Waals surface area contributed by atoms with Crippen molar-refractivity contribution < 1.29 is 10.2 Å². The molecule has 6 nitrogen and oxygen atoms in total. The Balaban J connectivity index is 1.87. The summed E-state index contributed by atoms with van der Waals surface area (Å²) in [6.07, 6.45) is 14.1. The molecule has 0 aromatic heterocycles. The third-order valence-electron chi connectivity index (χ3n) is 5.95. The van der Waals surface area contributed by atoms with Gasteiger partial charge in [-0.3, -0.25) is 20.0 Å².